The lowest BCUT2D eigenvalue weighted by atomic mass is 9.92. The van der Waals surface area contributed by atoms with Crippen LogP contribution >= 0.6 is 24.0 Å². The van der Waals surface area contributed by atoms with Crippen LogP contribution in [0.15, 0.2) is 4.99 Å². The van der Waals surface area contributed by atoms with E-state index in [1.807, 2.05) is 4.90 Å². The molecule has 2 rings (SSSR count). The summed E-state index contributed by atoms with van der Waals surface area (Å²) in [6.07, 6.45) is 2.22. The van der Waals surface area contributed by atoms with Crippen molar-refractivity contribution in [3.8, 4) is 0 Å². The van der Waals surface area contributed by atoms with Crippen molar-refractivity contribution < 1.29 is 9.59 Å². The first-order valence-corrected chi connectivity index (χ1v) is 11.0. The van der Waals surface area contributed by atoms with Crippen LogP contribution in [0.25, 0.3) is 0 Å². The van der Waals surface area contributed by atoms with E-state index in [0.29, 0.717) is 18.4 Å². The Balaban J connectivity index is 0.00000450. The lowest BCUT2D eigenvalue weighted by Crippen LogP contribution is -2.55. The van der Waals surface area contributed by atoms with Gasteiger partial charge in [-0.3, -0.25) is 14.5 Å². The molecule has 0 spiro atoms. The third-order valence-electron chi connectivity index (χ3n) is 5.65. The summed E-state index contributed by atoms with van der Waals surface area (Å²) >= 11 is 0. The van der Waals surface area contributed by atoms with Gasteiger partial charge < -0.3 is 20.0 Å². The topological polar surface area (TPSA) is 71.5 Å². The van der Waals surface area contributed by atoms with Gasteiger partial charge in [0.15, 0.2) is 5.96 Å². The molecule has 2 unspecified atom stereocenters. The number of hydrogen-bond donors (Lipinski definition) is 1. The zero-order chi connectivity index (χ0) is 21.4. The first-order valence-electron chi connectivity index (χ1n) is 11.0. The highest BCUT2D eigenvalue weighted by atomic mass is 127. The van der Waals surface area contributed by atoms with Gasteiger partial charge >= 0.3 is 0 Å². The van der Waals surface area contributed by atoms with Crippen LogP contribution in [0.4, 0.5) is 0 Å². The molecule has 2 atom stereocenters. The summed E-state index contributed by atoms with van der Waals surface area (Å²) in [7, 11) is 3.49. The fourth-order valence-corrected chi connectivity index (χ4v) is 4.06. The van der Waals surface area contributed by atoms with Crippen LogP contribution in [0.5, 0.6) is 0 Å². The molecule has 2 aliphatic heterocycles. The van der Waals surface area contributed by atoms with Gasteiger partial charge in [0.2, 0.25) is 11.8 Å². The van der Waals surface area contributed by atoms with E-state index in [0.717, 1.165) is 58.2 Å². The molecule has 0 aromatic rings. The van der Waals surface area contributed by atoms with E-state index in [2.05, 4.69) is 40.9 Å². The smallest absolute Gasteiger partial charge is 0.243 e. The normalized spacial score (nSPS) is 23.0. The van der Waals surface area contributed by atoms with Gasteiger partial charge in [-0.15, -0.1) is 24.0 Å². The summed E-state index contributed by atoms with van der Waals surface area (Å²) in [5.74, 6) is 2.23. The number of aliphatic imine (C=N–C) groups is 1. The van der Waals surface area contributed by atoms with E-state index in [4.69, 9.17) is 0 Å². The minimum atomic E-state index is -0.00461. The molecule has 2 heterocycles. The molecular formula is C21H41IN6O2. The lowest BCUT2D eigenvalue weighted by Gasteiger charge is -2.39. The Bertz CT molecular complexity index is 568. The third-order valence-corrected chi connectivity index (χ3v) is 5.65. The highest BCUT2D eigenvalue weighted by Crippen LogP contribution is 2.21. The maximum absolute atomic E-state index is 12.7. The highest BCUT2D eigenvalue weighted by molar-refractivity contribution is 14.0. The standard InChI is InChI=1S/C21H40N6O2.HI/c1-6-7-22-21(23-13-19(28)24(4)5)26-10-8-25(9-11-26)16-20(29)27-14-17(2)12-18(3)15-27;/h17-18H,6-16H2,1-5H3,(H,22,23);1H. The summed E-state index contributed by atoms with van der Waals surface area (Å²) in [5.41, 5.74) is 0. The van der Waals surface area contributed by atoms with Gasteiger partial charge in [-0.1, -0.05) is 20.8 Å². The quantitative estimate of drug-likeness (QED) is 0.314. The van der Waals surface area contributed by atoms with E-state index in [1.165, 1.54) is 6.42 Å². The number of amides is 2. The maximum Gasteiger partial charge on any atom is 0.243 e. The van der Waals surface area contributed by atoms with Crippen LogP contribution in [0.3, 0.4) is 0 Å². The molecule has 174 valence electrons. The van der Waals surface area contributed by atoms with Crippen molar-refractivity contribution in [2.24, 2.45) is 16.8 Å². The number of hydrogen-bond acceptors (Lipinski definition) is 4. The SMILES string of the molecule is CCCNC(=NCC(=O)N(C)C)N1CCN(CC(=O)N2CC(C)CC(C)C2)CC1.I. The van der Waals surface area contributed by atoms with Gasteiger partial charge in [0.25, 0.3) is 0 Å². The van der Waals surface area contributed by atoms with E-state index in [9.17, 15) is 9.59 Å². The van der Waals surface area contributed by atoms with Gasteiger partial charge in [0, 0.05) is 59.9 Å². The number of carbonyl (C=O) groups excluding carboxylic acids is 2. The number of guanidine groups is 1. The van der Waals surface area contributed by atoms with Crippen LogP contribution in [0.2, 0.25) is 0 Å². The molecule has 8 nitrogen and oxygen atoms in total. The lowest BCUT2D eigenvalue weighted by molar-refractivity contribution is -0.135. The summed E-state index contributed by atoms with van der Waals surface area (Å²) < 4.78 is 0. The molecule has 0 radical (unpaired) electrons. The van der Waals surface area contributed by atoms with Crippen LogP contribution in [0.1, 0.15) is 33.6 Å². The zero-order valence-corrected chi connectivity index (χ0v) is 21.7. The molecule has 0 aromatic heterocycles. The fraction of sp³-hybridized carbons (Fsp3) is 0.857. The minimum Gasteiger partial charge on any atom is -0.356 e. The predicted molar refractivity (Wildman–Crippen MR) is 132 cm³/mol. The molecule has 2 aliphatic rings. The molecule has 30 heavy (non-hydrogen) atoms. The van der Waals surface area contributed by atoms with Crippen molar-refractivity contribution in [2.45, 2.75) is 33.6 Å². The number of halogens is 1. The molecule has 2 fully saturated rings. The van der Waals surface area contributed by atoms with Crippen molar-refractivity contribution in [3.63, 3.8) is 0 Å². The number of likely N-dealkylation sites (tertiary alicyclic amines) is 1. The number of carbonyl (C=O) groups is 2. The number of likely N-dealkylation sites (N-methyl/N-ethyl adjacent to an activating group) is 1. The van der Waals surface area contributed by atoms with Crippen LogP contribution in [-0.2, 0) is 9.59 Å². The van der Waals surface area contributed by atoms with E-state index < -0.39 is 0 Å². The number of piperidine rings is 1. The Morgan fingerprint density at radius 3 is 2.17 bits per heavy atom. The van der Waals surface area contributed by atoms with Gasteiger partial charge in [-0.05, 0) is 24.7 Å². The average Bonchev–Trinajstić information content (AvgIpc) is 2.67. The van der Waals surface area contributed by atoms with E-state index in [1.54, 1.807) is 19.0 Å². The van der Waals surface area contributed by atoms with Crippen molar-refractivity contribution >= 4 is 41.8 Å². The molecule has 9 heteroatoms. The second-order valence-electron chi connectivity index (χ2n) is 8.86. The zero-order valence-electron chi connectivity index (χ0n) is 19.4. The van der Waals surface area contributed by atoms with Gasteiger partial charge in [-0.25, -0.2) is 4.99 Å². The largest absolute Gasteiger partial charge is 0.356 e. The first kappa shape index (κ1) is 26.9. The molecule has 0 bridgehead atoms. The van der Waals surface area contributed by atoms with Crippen molar-refractivity contribution in [2.75, 3.05) is 73.0 Å². The number of rotatable bonds is 6. The summed E-state index contributed by atoms with van der Waals surface area (Å²) in [5, 5.41) is 3.36. The fourth-order valence-electron chi connectivity index (χ4n) is 4.06. The minimum absolute atomic E-state index is 0. The van der Waals surface area contributed by atoms with Crippen LogP contribution in [0, 0.1) is 11.8 Å². The van der Waals surface area contributed by atoms with Crippen molar-refractivity contribution in [1.82, 2.24) is 24.9 Å². The number of piperazine rings is 1. The second-order valence-corrected chi connectivity index (χ2v) is 8.86. The molecular weight excluding hydrogens is 495 g/mol. The Hall–Kier alpha value is -1.10. The van der Waals surface area contributed by atoms with Gasteiger partial charge in [-0.2, -0.15) is 0 Å². The average molecular weight is 537 g/mol. The maximum atomic E-state index is 12.7. The Kier molecular flexibility index (Phi) is 12.0. The Morgan fingerprint density at radius 1 is 1.03 bits per heavy atom. The molecule has 2 amide bonds. The highest BCUT2D eigenvalue weighted by Gasteiger charge is 2.28. The molecule has 0 aliphatic carbocycles. The van der Waals surface area contributed by atoms with E-state index >= 15 is 0 Å². The number of nitrogens with zero attached hydrogens (tertiary/aromatic N) is 5. The second kappa shape index (κ2) is 13.3. The van der Waals surface area contributed by atoms with Crippen molar-refractivity contribution in [3.05, 3.63) is 0 Å². The molecule has 2 saturated heterocycles. The molecule has 0 saturated carbocycles. The third kappa shape index (κ3) is 8.56. The van der Waals surface area contributed by atoms with Crippen LogP contribution < -0.4 is 5.32 Å². The summed E-state index contributed by atoms with van der Waals surface area (Å²) in [4.78, 5) is 37.2. The van der Waals surface area contributed by atoms with Gasteiger partial charge in [0.1, 0.15) is 6.54 Å². The number of nitrogens with one attached hydrogen (secondary N) is 1. The summed E-state index contributed by atoms with van der Waals surface area (Å²) in [6.45, 7) is 13.1. The van der Waals surface area contributed by atoms with Crippen LogP contribution in [-0.4, -0.2) is 110 Å². The summed E-state index contributed by atoms with van der Waals surface area (Å²) in [6, 6.07) is 0. The van der Waals surface area contributed by atoms with Gasteiger partial charge in [0.05, 0.1) is 6.54 Å². The first-order chi connectivity index (χ1) is 13.8. The molecule has 1 N–H and O–H groups in total. The molecule has 0 aromatic carbocycles. The Labute approximate surface area is 199 Å². The van der Waals surface area contributed by atoms with Crippen molar-refractivity contribution in [1.29, 1.82) is 0 Å². The Morgan fingerprint density at radius 2 is 1.63 bits per heavy atom. The van der Waals surface area contributed by atoms with E-state index in [-0.39, 0.29) is 42.3 Å². The predicted octanol–water partition coefficient (Wildman–Crippen LogP) is 1.17. The monoisotopic (exact) mass is 536 g/mol.